The molecule has 1 fully saturated rings. The maximum absolute atomic E-state index is 3.46. The SMILES string of the molecule is CCCN(Cc1ccc(SC)cc1)CC1CCNCC1. The lowest BCUT2D eigenvalue weighted by atomic mass is 9.97. The summed E-state index contributed by atoms with van der Waals surface area (Å²) in [5.74, 6) is 0.883. The number of rotatable bonds is 7. The molecule has 0 atom stereocenters. The van der Waals surface area contributed by atoms with E-state index >= 15 is 0 Å². The van der Waals surface area contributed by atoms with E-state index in [0.29, 0.717) is 0 Å². The topological polar surface area (TPSA) is 15.3 Å². The van der Waals surface area contributed by atoms with E-state index in [1.807, 2.05) is 11.8 Å². The Balaban J connectivity index is 1.89. The van der Waals surface area contributed by atoms with Gasteiger partial charge < -0.3 is 5.32 Å². The molecular weight excluding hydrogens is 264 g/mol. The molecule has 0 amide bonds. The van der Waals surface area contributed by atoms with Crippen LogP contribution in [-0.2, 0) is 6.54 Å². The molecular formula is C17H28N2S. The molecule has 0 unspecified atom stereocenters. The van der Waals surface area contributed by atoms with Crippen LogP contribution in [0, 0.1) is 5.92 Å². The van der Waals surface area contributed by atoms with Crippen molar-refractivity contribution in [3.8, 4) is 0 Å². The standard InChI is InChI=1S/C17H28N2S/c1-3-12-19(14-16-8-10-18-11-9-16)13-15-4-6-17(20-2)7-5-15/h4-7,16,18H,3,8-14H2,1-2H3. The van der Waals surface area contributed by atoms with Gasteiger partial charge in [-0.05, 0) is 68.8 Å². The molecule has 1 N–H and O–H groups in total. The van der Waals surface area contributed by atoms with E-state index in [-0.39, 0.29) is 0 Å². The first kappa shape index (κ1) is 15.9. The predicted octanol–water partition coefficient (Wildman–Crippen LogP) is 3.62. The average molecular weight is 292 g/mol. The fourth-order valence-electron chi connectivity index (χ4n) is 2.97. The summed E-state index contributed by atoms with van der Waals surface area (Å²) < 4.78 is 0. The normalized spacial score (nSPS) is 16.8. The van der Waals surface area contributed by atoms with Crippen LogP contribution < -0.4 is 5.32 Å². The molecule has 3 heteroatoms. The Bertz CT molecular complexity index is 371. The van der Waals surface area contributed by atoms with Crippen molar-refractivity contribution in [1.29, 1.82) is 0 Å². The molecule has 2 rings (SSSR count). The first-order valence-corrected chi connectivity index (χ1v) is 9.10. The number of hydrogen-bond acceptors (Lipinski definition) is 3. The largest absolute Gasteiger partial charge is 0.317 e. The van der Waals surface area contributed by atoms with Crippen molar-refractivity contribution < 1.29 is 0 Å². The number of thioether (sulfide) groups is 1. The molecule has 0 aromatic heterocycles. The van der Waals surface area contributed by atoms with Crippen molar-refractivity contribution >= 4 is 11.8 Å². The van der Waals surface area contributed by atoms with Gasteiger partial charge in [0.1, 0.15) is 0 Å². The van der Waals surface area contributed by atoms with E-state index in [9.17, 15) is 0 Å². The fraction of sp³-hybridized carbons (Fsp3) is 0.647. The summed E-state index contributed by atoms with van der Waals surface area (Å²) in [4.78, 5) is 4.00. The van der Waals surface area contributed by atoms with Gasteiger partial charge in [0.25, 0.3) is 0 Å². The van der Waals surface area contributed by atoms with E-state index < -0.39 is 0 Å². The third-order valence-corrected chi connectivity index (χ3v) is 4.82. The first-order chi connectivity index (χ1) is 9.81. The van der Waals surface area contributed by atoms with Crippen LogP contribution in [0.4, 0.5) is 0 Å². The van der Waals surface area contributed by atoms with Crippen molar-refractivity contribution in [3.63, 3.8) is 0 Å². The number of nitrogens with one attached hydrogen (secondary N) is 1. The molecule has 1 aromatic carbocycles. The van der Waals surface area contributed by atoms with Crippen molar-refractivity contribution in [3.05, 3.63) is 29.8 Å². The molecule has 1 heterocycles. The first-order valence-electron chi connectivity index (χ1n) is 7.87. The number of piperidine rings is 1. The summed E-state index contributed by atoms with van der Waals surface area (Å²) in [6.45, 7) is 8.27. The van der Waals surface area contributed by atoms with Crippen LogP contribution in [0.15, 0.2) is 29.2 Å². The second-order valence-corrected chi connectivity index (χ2v) is 6.66. The minimum Gasteiger partial charge on any atom is -0.317 e. The molecule has 1 aliphatic heterocycles. The van der Waals surface area contributed by atoms with Gasteiger partial charge in [0.05, 0.1) is 0 Å². The van der Waals surface area contributed by atoms with Crippen molar-refractivity contribution in [2.75, 3.05) is 32.4 Å². The van der Waals surface area contributed by atoms with Gasteiger partial charge in [0.2, 0.25) is 0 Å². The molecule has 1 aliphatic rings. The second-order valence-electron chi connectivity index (χ2n) is 5.78. The minimum absolute atomic E-state index is 0.883. The third kappa shape index (κ3) is 5.12. The van der Waals surface area contributed by atoms with Gasteiger partial charge in [-0.3, -0.25) is 4.90 Å². The van der Waals surface area contributed by atoms with Gasteiger partial charge in [0, 0.05) is 18.0 Å². The highest BCUT2D eigenvalue weighted by molar-refractivity contribution is 7.98. The van der Waals surface area contributed by atoms with Crippen molar-refractivity contribution in [1.82, 2.24) is 10.2 Å². The molecule has 0 bridgehead atoms. The summed E-state index contributed by atoms with van der Waals surface area (Å²) in [6.07, 6.45) is 6.06. The monoisotopic (exact) mass is 292 g/mol. The highest BCUT2D eigenvalue weighted by atomic mass is 32.2. The maximum atomic E-state index is 3.46. The molecule has 112 valence electrons. The van der Waals surface area contributed by atoms with Crippen LogP contribution >= 0.6 is 11.8 Å². The Morgan fingerprint density at radius 2 is 1.90 bits per heavy atom. The minimum atomic E-state index is 0.883. The van der Waals surface area contributed by atoms with Crippen molar-refractivity contribution in [2.24, 2.45) is 5.92 Å². The zero-order valence-corrected chi connectivity index (χ0v) is 13.7. The number of nitrogens with zero attached hydrogens (tertiary/aromatic N) is 1. The lowest BCUT2D eigenvalue weighted by Crippen LogP contribution is -2.36. The van der Waals surface area contributed by atoms with E-state index in [4.69, 9.17) is 0 Å². The summed E-state index contributed by atoms with van der Waals surface area (Å²) in [7, 11) is 0. The van der Waals surface area contributed by atoms with Gasteiger partial charge in [0.15, 0.2) is 0 Å². The maximum Gasteiger partial charge on any atom is 0.0233 e. The van der Waals surface area contributed by atoms with E-state index in [2.05, 4.69) is 47.7 Å². The van der Waals surface area contributed by atoms with E-state index in [1.165, 1.54) is 55.9 Å². The average Bonchev–Trinajstić information content (AvgIpc) is 2.49. The number of hydrogen-bond donors (Lipinski definition) is 1. The van der Waals surface area contributed by atoms with Gasteiger partial charge >= 0.3 is 0 Å². The summed E-state index contributed by atoms with van der Waals surface area (Å²) in [5, 5.41) is 3.46. The van der Waals surface area contributed by atoms with Crippen molar-refractivity contribution in [2.45, 2.75) is 37.6 Å². The predicted molar refractivity (Wildman–Crippen MR) is 89.4 cm³/mol. The van der Waals surface area contributed by atoms with Gasteiger partial charge in [-0.2, -0.15) is 0 Å². The van der Waals surface area contributed by atoms with Crippen LogP contribution in [0.2, 0.25) is 0 Å². The molecule has 0 spiro atoms. The molecule has 1 aromatic rings. The summed E-state index contributed by atoms with van der Waals surface area (Å²) in [6, 6.07) is 9.07. The molecule has 2 nitrogen and oxygen atoms in total. The van der Waals surface area contributed by atoms with Crippen LogP contribution in [0.5, 0.6) is 0 Å². The molecule has 0 saturated carbocycles. The molecule has 20 heavy (non-hydrogen) atoms. The second kappa shape index (κ2) is 8.71. The molecule has 1 saturated heterocycles. The third-order valence-electron chi connectivity index (χ3n) is 4.08. The zero-order chi connectivity index (χ0) is 14.2. The van der Waals surface area contributed by atoms with Gasteiger partial charge in [-0.25, -0.2) is 0 Å². The Hall–Kier alpha value is -0.510. The summed E-state index contributed by atoms with van der Waals surface area (Å²) >= 11 is 1.81. The Kier molecular flexibility index (Phi) is 6.91. The van der Waals surface area contributed by atoms with Gasteiger partial charge in [-0.15, -0.1) is 11.8 Å². The molecule has 0 aliphatic carbocycles. The lowest BCUT2D eigenvalue weighted by molar-refractivity contribution is 0.199. The van der Waals surface area contributed by atoms with E-state index in [0.717, 1.165) is 12.5 Å². The van der Waals surface area contributed by atoms with Gasteiger partial charge in [-0.1, -0.05) is 19.1 Å². The van der Waals surface area contributed by atoms with Crippen LogP contribution in [-0.4, -0.2) is 37.3 Å². The van der Waals surface area contributed by atoms with Crippen LogP contribution in [0.25, 0.3) is 0 Å². The fourth-order valence-corrected chi connectivity index (χ4v) is 3.38. The highest BCUT2D eigenvalue weighted by Gasteiger charge is 2.16. The van der Waals surface area contributed by atoms with E-state index in [1.54, 1.807) is 0 Å². The quantitative estimate of drug-likeness (QED) is 0.773. The highest BCUT2D eigenvalue weighted by Crippen LogP contribution is 2.18. The zero-order valence-electron chi connectivity index (χ0n) is 12.9. The Morgan fingerprint density at radius 3 is 2.50 bits per heavy atom. The smallest absolute Gasteiger partial charge is 0.0233 e. The Morgan fingerprint density at radius 1 is 1.20 bits per heavy atom. The van der Waals surface area contributed by atoms with Crippen LogP contribution in [0.3, 0.4) is 0 Å². The number of benzene rings is 1. The summed E-state index contributed by atoms with van der Waals surface area (Å²) in [5.41, 5.74) is 1.45. The molecule has 0 radical (unpaired) electrons. The van der Waals surface area contributed by atoms with Crippen LogP contribution in [0.1, 0.15) is 31.7 Å². The Labute approximate surface area is 128 Å². The lowest BCUT2D eigenvalue weighted by Gasteiger charge is -2.30.